The molecule has 0 radical (unpaired) electrons. The molecule has 1 aromatic carbocycles. The van der Waals surface area contributed by atoms with Gasteiger partial charge in [0.15, 0.2) is 0 Å². The van der Waals surface area contributed by atoms with Gasteiger partial charge in [-0.25, -0.2) is 4.79 Å². The predicted molar refractivity (Wildman–Crippen MR) is 97.2 cm³/mol. The highest BCUT2D eigenvalue weighted by molar-refractivity contribution is 6.35. The van der Waals surface area contributed by atoms with Gasteiger partial charge in [0, 0.05) is 23.1 Å². The summed E-state index contributed by atoms with van der Waals surface area (Å²) in [6.45, 7) is 5.97. The van der Waals surface area contributed by atoms with Crippen LogP contribution in [-0.4, -0.2) is 40.8 Å². The van der Waals surface area contributed by atoms with E-state index in [-0.39, 0.29) is 12.5 Å². The Hall–Kier alpha value is -1.46. The zero-order valence-electron chi connectivity index (χ0n) is 14.6. The van der Waals surface area contributed by atoms with Crippen LogP contribution in [0.15, 0.2) is 18.2 Å². The molecule has 7 heteroatoms. The maximum Gasteiger partial charge on any atom is 0.410 e. The highest BCUT2D eigenvalue weighted by atomic mass is 35.5. The Morgan fingerprint density at radius 2 is 2.00 bits per heavy atom. The second-order valence-electron chi connectivity index (χ2n) is 7.36. The Morgan fingerprint density at radius 1 is 1.32 bits per heavy atom. The fourth-order valence-corrected chi connectivity index (χ4v) is 3.47. The summed E-state index contributed by atoms with van der Waals surface area (Å²) in [4.78, 5) is 25.4. The fraction of sp³-hybridized carbons (Fsp3) is 0.556. The number of carboxylic acids is 1. The summed E-state index contributed by atoms with van der Waals surface area (Å²) >= 11 is 12.1. The van der Waals surface area contributed by atoms with Crippen molar-refractivity contribution in [1.29, 1.82) is 0 Å². The number of rotatable bonds is 3. The first-order valence-corrected chi connectivity index (χ1v) is 8.97. The lowest BCUT2D eigenvalue weighted by Crippen LogP contribution is -2.48. The molecule has 138 valence electrons. The summed E-state index contributed by atoms with van der Waals surface area (Å²) < 4.78 is 5.35. The summed E-state index contributed by atoms with van der Waals surface area (Å²) in [6, 6.07) is 5.22. The third kappa shape index (κ3) is 5.51. The van der Waals surface area contributed by atoms with Crippen molar-refractivity contribution in [2.24, 2.45) is 11.8 Å². The van der Waals surface area contributed by atoms with Crippen molar-refractivity contribution < 1.29 is 19.4 Å². The van der Waals surface area contributed by atoms with E-state index in [1.54, 1.807) is 32.9 Å². The van der Waals surface area contributed by atoms with Gasteiger partial charge in [0.1, 0.15) is 5.60 Å². The molecule has 2 rings (SSSR count). The van der Waals surface area contributed by atoms with Crippen molar-refractivity contribution in [2.45, 2.75) is 39.2 Å². The highest BCUT2D eigenvalue weighted by Crippen LogP contribution is 2.31. The smallest absolute Gasteiger partial charge is 0.410 e. The molecule has 1 aromatic rings. The van der Waals surface area contributed by atoms with Gasteiger partial charge in [-0.05, 0) is 57.2 Å². The number of hydrogen-bond acceptors (Lipinski definition) is 3. The molecule has 0 spiro atoms. The minimum Gasteiger partial charge on any atom is -0.481 e. The topological polar surface area (TPSA) is 66.8 Å². The maximum atomic E-state index is 12.2. The van der Waals surface area contributed by atoms with Gasteiger partial charge in [0.05, 0.1) is 5.92 Å². The molecule has 5 nitrogen and oxygen atoms in total. The maximum absolute atomic E-state index is 12.2. The van der Waals surface area contributed by atoms with Crippen LogP contribution < -0.4 is 0 Å². The normalized spacial score (nSPS) is 21.1. The van der Waals surface area contributed by atoms with Crippen LogP contribution in [0.5, 0.6) is 0 Å². The summed E-state index contributed by atoms with van der Waals surface area (Å²) in [7, 11) is 0. The Balaban J connectivity index is 2.09. The molecule has 0 unspecified atom stereocenters. The Labute approximate surface area is 157 Å². The number of halogens is 2. The average molecular weight is 388 g/mol. The van der Waals surface area contributed by atoms with E-state index in [0.717, 1.165) is 5.56 Å². The minimum absolute atomic E-state index is 0.102. The van der Waals surface area contributed by atoms with Crippen LogP contribution in [0.25, 0.3) is 0 Å². The van der Waals surface area contributed by atoms with Gasteiger partial charge in [-0.1, -0.05) is 29.3 Å². The number of nitrogens with zero attached hydrogens (tertiary/aromatic N) is 1. The van der Waals surface area contributed by atoms with Crippen LogP contribution in [0.4, 0.5) is 4.79 Å². The molecule has 1 fully saturated rings. The summed E-state index contributed by atoms with van der Waals surface area (Å²) in [5.74, 6) is -1.67. The molecule has 1 amide bonds. The van der Waals surface area contributed by atoms with Crippen LogP contribution in [0.1, 0.15) is 32.8 Å². The molecule has 0 aromatic heterocycles. The third-order valence-electron chi connectivity index (χ3n) is 4.22. The standard InChI is InChI=1S/C18H23Cl2NO4/c1-18(2,3)25-17(24)21-7-6-11(14(10-21)16(22)23)8-12-4-5-13(19)9-15(12)20/h4-5,9,11,14H,6-8,10H2,1-3H3,(H,22,23)/t11-,14+/m1/s1. The van der Waals surface area contributed by atoms with Gasteiger partial charge in [-0.15, -0.1) is 0 Å². The van der Waals surface area contributed by atoms with Crippen LogP contribution in [-0.2, 0) is 16.0 Å². The molecule has 0 bridgehead atoms. The lowest BCUT2D eigenvalue weighted by atomic mass is 9.81. The number of carboxylic acid groups (broad SMARTS) is 1. The number of carbonyl (C=O) groups is 2. The van der Waals surface area contributed by atoms with Gasteiger partial charge >= 0.3 is 12.1 Å². The van der Waals surface area contributed by atoms with Gasteiger partial charge in [-0.2, -0.15) is 0 Å². The Bertz CT molecular complexity index is 657. The average Bonchev–Trinajstić information content (AvgIpc) is 2.48. The first-order valence-electron chi connectivity index (χ1n) is 8.21. The van der Waals surface area contributed by atoms with Crippen LogP contribution in [0.3, 0.4) is 0 Å². The van der Waals surface area contributed by atoms with E-state index < -0.39 is 23.6 Å². The SMILES string of the molecule is CC(C)(C)OC(=O)N1CC[C@H](Cc2ccc(Cl)cc2Cl)[C@@H](C(=O)O)C1. The number of likely N-dealkylation sites (tertiary alicyclic amines) is 1. The number of hydrogen-bond donors (Lipinski definition) is 1. The first kappa shape index (κ1) is 19.9. The van der Waals surface area contributed by atoms with Crippen LogP contribution in [0, 0.1) is 11.8 Å². The monoisotopic (exact) mass is 387 g/mol. The Morgan fingerprint density at radius 3 is 2.56 bits per heavy atom. The zero-order chi connectivity index (χ0) is 18.8. The molecule has 1 saturated heterocycles. The molecule has 0 saturated carbocycles. The van der Waals surface area contributed by atoms with Crippen LogP contribution in [0.2, 0.25) is 10.0 Å². The number of aliphatic carboxylic acids is 1. The lowest BCUT2D eigenvalue weighted by molar-refractivity contribution is -0.145. The van der Waals surface area contributed by atoms with E-state index in [0.29, 0.717) is 29.4 Å². The molecular weight excluding hydrogens is 365 g/mol. The molecule has 1 aliphatic heterocycles. The Kier molecular flexibility index (Phi) is 6.22. The van der Waals surface area contributed by atoms with Gasteiger partial charge in [-0.3, -0.25) is 4.79 Å². The second kappa shape index (κ2) is 7.83. The van der Waals surface area contributed by atoms with E-state index in [9.17, 15) is 14.7 Å². The van der Waals surface area contributed by atoms with Crippen molar-refractivity contribution in [3.05, 3.63) is 33.8 Å². The van der Waals surface area contributed by atoms with Crippen molar-refractivity contribution in [3.63, 3.8) is 0 Å². The number of piperidine rings is 1. The molecule has 25 heavy (non-hydrogen) atoms. The van der Waals surface area contributed by atoms with Crippen molar-refractivity contribution >= 4 is 35.3 Å². The summed E-state index contributed by atoms with van der Waals surface area (Å²) in [5, 5.41) is 10.7. The third-order valence-corrected chi connectivity index (χ3v) is 4.81. The number of ether oxygens (including phenoxy) is 1. The van der Waals surface area contributed by atoms with E-state index in [1.165, 1.54) is 4.90 Å². The van der Waals surface area contributed by atoms with E-state index in [4.69, 9.17) is 27.9 Å². The molecule has 2 atom stereocenters. The summed E-state index contributed by atoms with van der Waals surface area (Å²) in [5.41, 5.74) is 0.261. The summed E-state index contributed by atoms with van der Waals surface area (Å²) in [6.07, 6.45) is 0.645. The van der Waals surface area contributed by atoms with Gasteiger partial charge in [0.2, 0.25) is 0 Å². The van der Waals surface area contributed by atoms with Crippen molar-refractivity contribution in [3.8, 4) is 0 Å². The molecule has 1 heterocycles. The molecular formula is C18H23Cl2NO4. The molecule has 0 aliphatic carbocycles. The number of benzene rings is 1. The molecule has 1 aliphatic rings. The van der Waals surface area contributed by atoms with Gasteiger partial charge in [0.25, 0.3) is 0 Å². The van der Waals surface area contributed by atoms with Gasteiger partial charge < -0.3 is 14.7 Å². The second-order valence-corrected chi connectivity index (χ2v) is 8.20. The fourth-order valence-electron chi connectivity index (χ4n) is 2.99. The van der Waals surface area contributed by atoms with E-state index >= 15 is 0 Å². The number of amides is 1. The van der Waals surface area contributed by atoms with Crippen LogP contribution >= 0.6 is 23.2 Å². The van der Waals surface area contributed by atoms with Crippen molar-refractivity contribution in [1.82, 2.24) is 4.90 Å². The predicted octanol–water partition coefficient (Wildman–Crippen LogP) is 4.49. The number of carbonyl (C=O) groups excluding carboxylic acids is 1. The van der Waals surface area contributed by atoms with E-state index in [2.05, 4.69) is 0 Å². The lowest BCUT2D eigenvalue weighted by Gasteiger charge is -2.37. The van der Waals surface area contributed by atoms with Crippen molar-refractivity contribution in [2.75, 3.05) is 13.1 Å². The quantitative estimate of drug-likeness (QED) is 0.828. The first-order chi connectivity index (χ1) is 11.6. The molecule has 1 N–H and O–H groups in total. The van der Waals surface area contributed by atoms with E-state index in [1.807, 2.05) is 6.07 Å². The minimum atomic E-state index is -0.914. The highest BCUT2D eigenvalue weighted by Gasteiger charge is 2.37. The largest absolute Gasteiger partial charge is 0.481 e. The zero-order valence-corrected chi connectivity index (χ0v) is 16.1.